The first-order chi connectivity index (χ1) is 11.6. The lowest BCUT2D eigenvalue weighted by atomic mass is 10.00. The summed E-state index contributed by atoms with van der Waals surface area (Å²) in [5.41, 5.74) is -0.910. The van der Waals surface area contributed by atoms with Gasteiger partial charge in [0.05, 0.1) is 0 Å². The monoisotopic (exact) mass is 377 g/mol. The standard InChI is InChI=1S/C14H18F3N5O2S/c1-9-19-13(8-21(9)2)25(23,24)18-5-10-3-4-12-20-11(14(15,16)17)7-22(12)6-10/h7-8,10,18H,3-6H2,1-2H3/t10-/m0/s1. The fourth-order valence-electron chi connectivity index (χ4n) is 2.77. The highest BCUT2D eigenvalue weighted by Gasteiger charge is 2.36. The summed E-state index contributed by atoms with van der Waals surface area (Å²) in [5, 5.41) is -0.0639. The fraction of sp³-hybridized carbons (Fsp3) is 0.571. The van der Waals surface area contributed by atoms with Crippen LogP contribution >= 0.6 is 0 Å². The fourth-order valence-corrected chi connectivity index (χ4v) is 3.93. The second-order valence-electron chi connectivity index (χ2n) is 6.19. The first-order valence-corrected chi connectivity index (χ1v) is 9.17. The molecule has 138 valence electrons. The van der Waals surface area contributed by atoms with Gasteiger partial charge in [-0.25, -0.2) is 23.1 Å². The molecule has 0 saturated heterocycles. The Morgan fingerprint density at radius 2 is 2.04 bits per heavy atom. The Balaban J connectivity index is 1.66. The molecule has 2 aromatic heterocycles. The van der Waals surface area contributed by atoms with E-state index in [4.69, 9.17) is 0 Å². The van der Waals surface area contributed by atoms with Crippen molar-refractivity contribution in [1.82, 2.24) is 23.8 Å². The number of fused-ring (bicyclic) bond motifs is 1. The lowest BCUT2D eigenvalue weighted by molar-refractivity contribution is -0.141. The third kappa shape index (κ3) is 3.71. The van der Waals surface area contributed by atoms with Gasteiger partial charge in [0, 0.05) is 39.0 Å². The van der Waals surface area contributed by atoms with Gasteiger partial charge < -0.3 is 9.13 Å². The van der Waals surface area contributed by atoms with Gasteiger partial charge in [-0.3, -0.25) is 0 Å². The van der Waals surface area contributed by atoms with Crippen molar-refractivity contribution in [2.24, 2.45) is 13.0 Å². The number of aryl methyl sites for hydroxylation is 3. The second-order valence-corrected chi connectivity index (χ2v) is 7.90. The van der Waals surface area contributed by atoms with Crippen LogP contribution in [-0.4, -0.2) is 34.1 Å². The summed E-state index contributed by atoms with van der Waals surface area (Å²) in [6.45, 7) is 2.12. The van der Waals surface area contributed by atoms with Crippen molar-refractivity contribution >= 4 is 10.0 Å². The van der Waals surface area contributed by atoms with Gasteiger partial charge in [-0.1, -0.05) is 0 Å². The highest BCUT2D eigenvalue weighted by molar-refractivity contribution is 7.89. The van der Waals surface area contributed by atoms with Crippen LogP contribution in [0.5, 0.6) is 0 Å². The predicted molar refractivity (Wildman–Crippen MR) is 82.2 cm³/mol. The summed E-state index contributed by atoms with van der Waals surface area (Å²) in [7, 11) is -2.05. The van der Waals surface area contributed by atoms with Crippen molar-refractivity contribution in [2.75, 3.05) is 6.54 Å². The van der Waals surface area contributed by atoms with Crippen LogP contribution in [-0.2, 0) is 36.2 Å². The molecular formula is C14H18F3N5O2S. The van der Waals surface area contributed by atoms with Gasteiger partial charge in [-0.2, -0.15) is 13.2 Å². The zero-order valence-electron chi connectivity index (χ0n) is 13.7. The number of halogens is 3. The minimum absolute atomic E-state index is 0.0639. The van der Waals surface area contributed by atoms with Crippen LogP contribution in [0.1, 0.15) is 23.8 Å². The van der Waals surface area contributed by atoms with Gasteiger partial charge >= 0.3 is 6.18 Å². The van der Waals surface area contributed by atoms with Gasteiger partial charge in [0.1, 0.15) is 11.6 Å². The van der Waals surface area contributed by atoms with Gasteiger partial charge in [0.15, 0.2) is 10.7 Å². The largest absolute Gasteiger partial charge is 0.434 e. The number of nitrogens with one attached hydrogen (secondary N) is 1. The maximum atomic E-state index is 12.7. The quantitative estimate of drug-likeness (QED) is 0.875. The van der Waals surface area contributed by atoms with E-state index in [1.54, 1.807) is 18.5 Å². The predicted octanol–water partition coefficient (Wildman–Crippen LogP) is 1.48. The molecule has 0 unspecified atom stereocenters. The molecule has 0 fully saturated rings. The molecule has 0 aromatic carbocycles. The number of alkyl halides is 3. The van der Waals surface area contributed by atoms with Gasteiger partial charge in [-0.05, 0) is 19.3 Å². The highest BCUT2D eigenvalue weighted by atomic mass is 32.2. The minimum Gasteiger partial charge on any atom is -0.337 e. The van der Waals surface area contributed by atoms with Crippen LogP contribution in [0.25, 0.3) is 0 Å². The maximum absolute atomic E-state index is 12.7. The lowest BCUT2D eigenvalue weighted by Crippen LogP contribution is -2.33. The summed E-state index contributed by atoms with van der Waals surface area (Å²) < 4.78 is 68.2. The minimum atomic E-state index is -4.47. The van der Waals surface area contributed by atoms with E-state index in [2.05, 4.69) is 14.7 Å². The van der Waals surface area contributed by atoms with E-state index in [9.17, 15) is 21.6 Å². The van der Waals surface area contributed by atoms with E-state index in [-0.39, 0.29) is 17.5 Å². The molecule has 7 nitrogen and oxygen atoms in total. The van der Waals surface area contributed by atoms with Crippen molar-refractivity contribution in [3.05, 3.63) is 29.7 Å². The molecule has 25 heavy (non-hydrogen) atoms. The third-order valence-corrected chi connectivity index (χ3v) is 5.60. The molecule has 0 saturated carbocycles. The lowest BCUT2D eigenvalue weighted by Gasteiger charge is -2.23. The van der Waals surface area contributed by atoms with Crippen molar-refractivity contribution in [1.29, 1.82) is 0 Å². The van der Waals surface area contributed by atoms with E-state index in [1.165, 1.54) is 10.8 Å². The van der Waals surface area contributed by atoms with Crippen LogP contribution in [0, 0.1) is 12.8 Å². The zero-order chi connectivity index (χ0) is 18.4. The number of sulfonamides is 1. The Kier molecular flexibility index (Phi) is 4.40. The number of imidazole rings is 2. The topological polar surface area (TPSA) is 81.8 Å². The summed E-state index contributed by atoms with van der Waals surface area (Å²) in [4.78, 5) is 7.60. The van der Waals surface area contributed by atoms with Gasteiger partial charge in [0.2, 0.25) is 0 Å². The van der Waals surface area contributed by atoms with Crippen LogP contribution in [0.4, 0.5) is 13.2 Å². The van der Waals surface area contributed by atoms with Gasteiger partial charge in [0.25, 0.3) is 10.0 Å². The molecule has 0 aliphatic carbocycles. The van der Waals surface area contributed by atoms with Crippen molar-refractivity contribution < 1.29 is 21.6 Å². The molecular weight excluding hydrogens is 359 g/mol. The molecule has 0 bridgehead atoms. The summed E-state index contributed by atoms with van der Waals surface area (Å²) in [6.07, 6.45) is -1.12. The molecule has 1 atom stereocenters. The van der Waals surface area contributed by atoms with Crippen molar-refractivity contribution in [3.63, 3.8) is 0 Å². The summed E-state index contributed by atoms with van der Waals surface area (Å²) in [6, 6.07) is 0. The Bertz CT molecular complexity index is 865. The number of hydrogen-bond donors (Lipinski definition) is 1. The first kappa shape index (κ1) is 17.9. The Labute approximate surface area is 142 Å². The van der Waals surface area contributed by atoms with Gasteiger partial charge in [-0.15, -0.1) is 0 Å². The molecule has 1 aliphatic rings. The first-order valence-electron chi connectivity index (χ1n) is 7.69. The molecule has 3 heterocycles. The highest BCUT2D eigenvalue weighted by Crippen LogP contribution is 2.30. The SMILES string of the molecule is Cc1nc(S(=O)(=O)NC[C@@H]2CCc3nc(C(F)(F)F)cn3C2)cn1C. The number of hydrogen-bond acceptors (Lipinski definition) is 4. The molecule has 1 aliphatic heterocycles. The average molecular weight is 377 g/mol. The van der Waals surface area contributed by atoms with E-state index < -0.39 is 21.9 Å². The molecule has 3 rings (SSSR count). The van der Waals surface area contributed by atoms with Crippen LogP contribution in [0.2, 0.25) is 0 Å². The molecule has 2 aromatic rings. The molecule has 11 heteroatoms. The van der Waals surface area contributed by atoms with Crippen LogP contribution in [0.15, 0.2) is 17.4 Å². The average Bonchev–Trinajstić information content (AvgIpc) is 3.09. The molecule has 0 radical (unpaired) electrons. The number of nitrogens with zero attached hydrogens (tertiary/aromatic N) is 4. The van der Waals surface area contributed by atoms with E-state index in [0.717, 1.165) is 6.20 Å². The summed E-state index contributed by atoms with van der Waals surface area (Å²) >= 11 is 0. The van der Waals surface area contributed by atoms with E-state index >= 15 is 0 Å². The number of rotatable bonds is 4. The van der Waals surface area contributed by atoms with Crippen molar-refractivity contribution in [3.8, 4) is 0 Å². The number of aromatic nitrogens is 4. The second kappa shape index (κ2) is 6.13. The Morgan fingerprint density at radius 3 is 2.64 bits per heavy atom. The normalized spacial score (nSPS) is 18.4. The smallest absolute Gasteiger partial charge is 0.337 e. The third-order valence-electron chi connectivity index (χ3n) is 4.30. The Morgan fingerprint density at radius 1 is 1.32 bits per heavy atom. The molecule has 0 amide bonds. The van der Waals surface area contributed by atoms with E-state index in [0.29, 0.717) is 31.0 Å². The Hall–Kier alpha value is -1.88. The molecule has 1 N–H and O–H groups in total. The maximum Gasteiger partial charge on any atom is 0.434 e. The van der Waals surface area contributed by atoms with Crippen LogP contribution in [0.3, 0.4) is 0 Å². The van der Waals surface area contributed by atoms with E-state index in [1.807, 2.05) is 0 Å². The van der Waals surface area contributed by atoms with Crippen LogP contribution < -0.4 is 4.72 Å². The zero-order valence-corrected chi connectivity index (χ0v) is 14.5. The summed E-state index contributed by atoms with van der Waals surface area (Å²) in [5.74, 6) is 0.843. The van der Waals surface area contributed by atoms with Crippen molar-refractivity contribution in [2.45, 2.75) is 37.5 Å². The molecule has 0 spiro atoms.